The monoisotopic (exact) mass is 290 g/mol. The number of nitrogens with two attached hydrogens (primary N) is 1. The maximum absolute atomic E-state index is 12.1. The third-order valence-corrected chi connectivity index (χ3v) is 4.56. The van der Waals surface area contributed by atoms with E-state index in [9.17, 15) is 9.90 Å². The Morgan fingerprint density at radius 1 is 1.29 bits per heavy atom. The summed E-state index contributed by atoms with van der Waals surface area (Å²) in [6.45, 7) is 0.688. The molecule has 1 aromatic rings. The number of hydrogen-bond donors (Lipinski definition) is 3. The Labute approximate surface area is 126 Å². The van der Waals surface area contributed by atoms with E-state index in [1.54, 1.807) is 0 Å². The van der Waals surface area contributed by atoms with Crippen LogP contribution >= 0.6 is 0 Å². The van der Waals surface area contributed by atoms with E-state index in [2.05, 4.69) is 5.32 Å². The summed E-state index contributed by atoms with van der Waals surface area (Å²) in [5, 5.41) is 12.5. The number of aliphatic hydroxyl groups is 1. The predicted molar refractivity (Wildman–Crippen MR) is 83.7 cm³/mol. The molecule has 1 amide bonds. The lowest BCUT2D eigenvalue weighted by Crippen LogP contribution is -2.46. The van der Waals surface area contributed by atoms with Gasteiger partial charge in [0.05, 0.1) is 12.6 Å². The van der Waals surface area contributed by atoms with Crippen molar-refractivity contribution in [1.82, 2.24) is 5.32 Å². The highest BCUT2D eigenvalue weighted by Gasteiger charge is 2.33. The summed E-state index contributed by atoms with van der Waals surface area (Å²) in [6, 6.07) is 9.57. The molecule has 0 saturated heterocycles. The Morgan fingerprint density at radius 2 is 1.95 bits per heavy atom. The van der Waals surface area contributed by atoms with Crippen molar-refractivity contribution in [2.45, 2.75) is 44.6 Å². The summed E-state index contributed by atoms with van der Waals surface area (Å²) in [4.78, 5) is 12.1. The van der Waals surface area contributed by atoms with Gasteiger partial charge in [-0.05, 0) is 31.2 Å². The highest BCUT2D eigenvalue weighted by molar-refractivity contribution is 5.81. The van der Waals surface area contributed by atoms with E-state index in [-0.39, 0.29) is 17.9 Å². The van der Waals surface area contributed by atoms with Crippen LogP contribution in [0.1, 0.15) is 37.7 Å². The highest BCUT2D eigenvalue weighted by atomic mass is 16.3. The molecule has 4 heteroatoms. The quantitative estimate of drug-likeness (QED) is 0.714. The summed E-state index contributed by atoms with van der Waals surface area (Å²) >= 11 is 0. The Morgan fingerprint density at radius 3 is 2.57 bits per heavy atom. The maximum Gasteiger partial charge on any atom is 0.236 e. The van der Waals surface area contributed by atoms with Gasteiger partial charge in [0.15, 0.2) is 0 Å². The maximum atomic E-state index is 12.1. The molecule has 2 rings (SSSR count). The van der Waals surface area contributed by atoms with Crippen molar-refractivity contribution in [3.05, 3.63) is 35.9 Å². The van der Waals surface area contributed by atoms with Crippen molar-refractivity contribution >= 4 is 5.91 Å². The number of carbonyl (C=O) groups excluding carboxylic acids is 1. The van der Waals surface area contributed by atoms with Crippen LogP contribution in [0, 0.1) is 5.41 Å². The lowest BCUT2D eigenvalue weighted by Gasteiger charge is -2.27. The second kappa shape index (κ2) is 7.57. The second-order valence-electron chi connectivity index (χ2n) is 6.21. The molecule has 21 heavy (non-hydrogen) atoms. The first-order chi connectivity index (χ1) is 10.2. The normalized spacial score (nSPS) is 18.4. The zero-order chi connectivity index (χ0) is 15.1. The van der Waals surface area contributed by atoms with Gasteiger partial charge in [-0.3, -0.25) is 4.79 Å². The molecule has 0 radical (unpaired) electrons. The smallest absolute Gasteiger partial charge is 0.236 e. The highest BCUT2D eigenvalue weighted by Crippen LogP contribution is 2.36. The number of benzene rings is 1. The number of rotatable bonds is 7. The van der Waals surface area contributed by atoms with E-state index in [4.69, 9.17) is 5.73 Å². The van der Waals surface area contributed by atoms with Gasteiger partial charge < -0.3 is 16.2 Å². The first kappa shape index (κ1) is 16.0. The lowest BCUT2D eigenvalue weighted by molar-refractivity contribution is -0.123. The summed E-state index contributed by atoms with van der Waals surface area (Å²) in [5.74, 6) is -0.106. The molecule has 0 heterocycles. The van der Waals surface area contributed by atoms with Gasteiger partial charge in [0.25, 0.3) is 0 Å². The first-order valence-electron chi connectivity index (χ1n) is 7.83. The van der Waals surface area contributed by atoms with Gasteiger partial charge in [-0.1, -0.05) is 43.2 Å². The molecular formula is C17H26N2O2. The minimum absolute atomic E-state index is 0.106. The van der Waals surface area contributed by atoms with Crippen molar-refractivity contribution in [2.24, 2.45) is 11.1 Å². The Kier molecular flexibility index (Phi) is 5.76. The van der Waals surface area contributed by atoms with Crippen LogP contribution in [-0.4, -0.2) is 30.2 Å². The summed E-state index contributed by atoms with van der Waals surface area (Å²) < 4.78 is 0. The molecule has 0 aromatic heterocycles. The number of carbonyl (C=O) groups is 1. The number of nitrogens with one attached hydrogen (secondary N) is 1. The van der Waals surface area contributed by atoms with Crippen molar-refractivity contribution in [3.8, 4) is 0 Å². The molecule has 4 nitrogen and oxygen atoms in total. The molecule has 4 N–H and O–H groups in total. The predicted octanol–water partition coefficient (Wildman–Crippen LogP) is 1.62. The van der Waals surface area contributed by atoms with E-state index in [1.807, 2.05) is 30.3 Å². The largest absolute Gasteiger partial charge is 0.396 e. The molecule has 1 aromatic carbocycles. The van der Waals surface area contributed by atoms with E-state index < -0.39 is 6.04 Å². The average molecular weight is 290 g/mol. The summed E-state index contributed by atoms with van der Waals surface area (Å²) in [6.07, 6.45) is 5.70. The van der Waals surface area contributed by atoms with E-state index in [0.29, 0.717) is 13.0 Å². The SMILES string of the molecule is NC(CCc1ccccc1)C(=O)NCC1(CO)CCCC1. The molecule has 1 fully saturated rings. The molecule has 0 bridgehead atoms. The van der Waals surface area contributed by atoms with Gasteiger partial charge in [0, 0.05) is 12.0 Å². The van der Waals surface area contributed by atoms with Crippen LogP contribution in [-0.2, 0) is 11.2 Å². The van der Waals surface area contributed by atoms with E-state index in [1.165, 1.54) is 5.56 Å². The minimum Gasteiger partial charge on any atom is -0.396 e. The Balaban J connectivity index is 1.75. The number of hydrogen-bond acceptors (Lipinski definition) is 3. The van der Waals surface area contributed by atoms with Crippen LogP contribution in [0.15, 0.2) is 30.3 Å². The fourth-order valence-corrected chi connectivity index (χ4v) is 3.02. The third kappa shape index (κ3) is 4.55. The van der Waals surface area contributed by atoms with Gasteiger partial charge >= 0.3 is 0 Å². The number of aliphatic hydroxyl groups excluding tert-OH is 1. The Bertz CT molecular complexity index is 441. The minimum atomic E-state index is -0.484. The molecule has 1 unspecified atom stereocenters. The molecule has 1 saturated carbocycles. The van der Waals surface area contributed by atoms with E-state index in [0.717, 1.165) is 32.1 Å². The van der Waals surface area contributed by atoms with Crippen LogP contribution in [0.25, 0.3) is 0 Å². The first-order valence-corrected chi connectivity index (χ1v) is 7.83. The van der Waals surface area contributed by atoms with Gasteiger partial charge in [-0.15, -0.1) is 0 Å². The van der Waals surface area contributed by atoms with Crippen LogP contribution in [0.3, 0.4) is 0 Å². The van der Waals surface area contributed by atoms with Crippen LogP contribution in [0.4, 0.5) is 0 Å². The van der Waals surface area contributed by atoms with Gasteiger partial charge in [-0.25, -0.2) is 0 Å². The average Bonchev–Trinajstić information content (AvgIpc) is 3.01. The molecule has 1 atom stereocenters. The molecule has 116 valence electrons. The fraction of sp³-hybridized carbons (Fsp3) is 0.588. The van der Waals surface area contributed by atoms with Crippen LogP contribution in [0.2, 0.25) is 0 Å². The van der Waals surface area contributed by atoms with Gasteiger partial charge in [0.2, 0.25) is 5.91 Å². The van der Waals surface area contributed by atoms with Crippen molar-refractivity contribution in [2.75, 3.05) is 13.2 Å². The van der Waals surface area contributed by atoms with Crippen molar-refractivity contribution in [3.63, 3.8) is 0 Å². The summed E-state index contributed by atoms with van der Waals surface area (Å²) in [5.41, 5.74) is 7.04. The lowest BCUT2D eigenvalue weighted by atomic mass is 9.87. The standard InChI is InChI=1S/C17H26N2O2/c18-15(9-8-14-6-2-1-3-7-14)16(21)19-12-17(13-20)10-4-5-11-17/h1-3,6-7,15,20H,4-5,8-13,18H2,(H,19,21). The van der Waals surface area contributed by atoms with Gasteiger partial charge in [-0.2, -0.15) is 0 Å². The molecule has 0 aliphatic heterocycles. The third-order valence-electron chi connectivity index (χ3n) is 4.56. The molecule has 0 spiro atoms. The zero-order valence-electron chi connectivity index (χ0n) is 12.6. The van der Waals surface area contributed by atoms with E-state index >= 15 is 0 Å². The molecular weight excluding hydrogens is 264 g/mol. The summed E-state index contributed by atoms with van der Waals surface area (Å²) in [7, 11) is 0. The van der Waals surface area contributed by atoms with Crippen molar-refractivity contribution in [1.29, 1.82) is 0 Å². The van der Waals surface area contributed by atoms with Crippen LogP contribution in [0.5, 0.6) is 0 Å². The molecule has 1 aliphatic rings. The van der Waals surface area contributed by atoms with Gasteiger partial charge in [0.1, 0.15) is 0 Å². The zero-order valence-corrected chi connectivity index (χ0v) is 12.6. The second-order valence-corrected chi connectivity index (χ2v) is 6.21. The van der Waals surface area contributed by atoms with Crippen molar-refractivity contribution < 1.29 is 9.90 Å². The fourth-order valence-electron chi connectivity index (χ4n) is 3.02. The number of aryl methyl sites for hydroxylation is 1. The van der Waals surface area contributed by atoms with Crippen LogP contribution < -0.4 is 11.1 Å². The topological polar surface area (TPSA) is 75.4 Å². The Hall–Kier alpha value is -1.39. The molecule has 1 aliphatic carbocycles. The number of amides is 1.